The molecule has 0 aliphatic carbocycles. The van der Waals surface area contributed by atoms with Crippen LogP contribution in [-0.2, 0) is 0 Å². The number of hydrogen-bond donors (Lipinski definition) is 0. The van der Waals surface area contributed by atoms with Crippen LogP contribution in [-0.4, -0.2) is 0 Å². The third kappa shape index (κ3) is 97.5. The predicted molar refractivity (Wildman–Crippen MR) is 56.8 cm³/mol. The second-order valence-corrected chi connectivity index (χ2v) is 1.50. The number of allylic oxidation sites excluding steroid dienone is 4. The van der Waals surface area contributed by atoms with Gasteiger partial charge in [0, 0.05) is 0 Å². The van der Waals surface area contributed by atoms with E-state index in [4.69, 9.17) is 0 Å². The first-order valence-corrected chi connectivity index (χ1v) is 4.12. The van der Waals surface area contributed by atoms with E-state index < -0.39 is 0 Å². The van der Waals surface area contributed by atoms with E-state index in [-0.39, 0.29) is 0 Å². The summed E-state index contributed by atoms with van der Waals surface area (Å²) in [5, 5.41) is 0. The molecular weight excluding hydrogens is 132 g/mol. The fourth-order valence-corrected chi connectivity index (χ4v) is 0.232. The Labute approximate surface area is 72.3 Å². The second-order valence-electron chi connectivity index (χ2n) is 1.50. The molecule has 0 saturated carbocycles. The zero-order valence-electron chi connectivity index (χ0n) is 8.43. The summed E-state index contributed by atoms with van der Waals surface area (Å²) >= 11 is 0. The molecule has 0 aromatic heterocycles. The maximum absolute atomic E-state index is 3.55. The maximum atomic E-state index is 3.55. The fourth-order valence-electron chi connectivity index (χ4n) is 0.232. The highest BCUT2D eigenvalue weighted by molar-refractivity contribution is 4.85. The molecule has 0 heteroatoms. The van der Waals surface area contributed by atoms with Crippen LogP contribution in [0.25, 0.3) is 0 Å². The second kappa shape index (κ2) is 35.0. The minimum absolute atomic E-state index is 0.997. The monoisotopic (exact) mass is 154 g/mol. The van der Waals surface area contributed by atoms with E-state index in [2.05, 4.69) is 19.2 Å². The van der Waals surface area contributed by atoms with E-state index in [1.165, 1.54) is 0 Å². The van der Waals surface area contributed by atoms with E-state index in [0.717, 1.165) is 6.42 Å². The first-order chi connectivity index (χ1) is 5.33. The molecule has 0 bridgehead atoms. The van der Waals surface area contributed by atoms with Crippen molar-refractivity contribution in [3.63, 3.8) is 0 Å². The minimum Gasteiger partial charge on any atom is -0.103 e. The van der Waals surface area contributed by atoms with Crippen LogP contribution in [0.5, 0.6) is 0 Å². The Morgan fingerprint density at radius 2 is 1.45 bits per heavy atom. The van der Waals surface area contributed by atoms with Crippen molar-refractivity contribution < 1.29 is 0 Å². The zero-order valence-corrected chi connectivity index (χ0v) is 8.43. The van der Waals surface area contributed by atoms with E-state index in [0.29, 0.717) is 0 Å². The van der Waals surface area contributed by atoms with Crippen LogP contribution in [0, 0.1) is 0 Å². The molecule has 0 aromatic carbocycles. The number of rotatable bonds is 2. The third-order valence-electron chi connectivity index (χ3n) is 0.538. The first-order valence-electron chi connectivity index (χ1n) is 4.12. The number of hydrogen-bond acceptors (Lipinski definition) is 0. The summed E-state index contributed by atoms with van der Waals surface area (Å²) in [7, 11) is 0. The van der Waals surface area contributed by atoms with Crippen molar-refractivity contribution in [2.75, 3.05) is 0 Å². The lowest BCUT2D eigenvalue weighted by atomic mass is 10.4. The van der Waals surface area contributed by atoms with Gasteiger partial charge in [0.05, 0.1) is 0 Å². The molecule has 0 aliphatic rings. The Hall–Kier alpha value is -0.780. The molecule has 0 heterocycles. The molecule has 0 radical (unpaired) electrons. The van der Waals surface area contributed by atoms with Gasteiger partial charge >= 0.3 is 0 Å². The molecule has 0 spiro atoms. The van der Waals surface area contributed by atoms with Crippen molar-refractivity contribution in [3.8, 4) is 0 Å². The fraction of sp³-hybridized carbons (Fsp3) is 0.455. The predicted octanol–water partition coefficient (Wildman–Crippen LogP) is 4.36. The Kier molecular flexibility index (Phi) is 53.0. The van der Waals surface area contributed by atoms with Crippen molar-refractivity contribution in [3.05, 3.63) is 37.5 Å². The van der Waals surface area contributed by atoms with Gasteiger partial charge in [-0.2, -0.15) is 0 Å². The quantitative estimate of drug-likeness (QED) is 0.518. The Morgan fingerprint density at radius 3 is 1.55 bits per heavy atom. The van der Waals surface area contributed by atoms with E-state index >= 15 is 0 Å². The van der Waals surface area contributed by atoms with Crippen LogP contribution < -0.4 is 0 Å². The van der Waals surface area contributed by atoms with E-state index in [1.54, 1.807) is 6.08 Å². The normalized spacial score (nSPS) is 6.91. The highest BCUT2D eigenvalue weighted by Crippen LogP contribution is 1.78. The summed E-state index contributed by atoms with van der Waals surface area (Å²) in [4.78, 5) is 0. The topological polar surface area (TPSA) is 0 Å². The smallest absolute Gasteiger partial charge is 0.0172 e. The molecule has 0 unspecified atom stereocenters. The average molecular weight is 154 g/mol. The molecule has 0 aromatic rings. The summed E-state index contributed by atoms with van der Waals surface area (Å²) in [6, 6.07) is 0. The van der Waals surface area contributed by atoms with E-state index in [1.807, 2.05) is 39.8 Å². The molecule has 0 saturated heterocycles. The SMILES string of the molecule is C=CC.C=CCC=CC.CC. The molecule has 0 N–H and O–H groups in total. The summed E-state index contributed by atoms with van der Waals surface area (Å²) < 4.78 is 0. The highest BCUT2D eigenvalue weighted by atomic mass is 13.6. The van der Waals surface area contributed by atoms with Gasteiger partial charge in [-0.15, -0.1) is 13.2 Å². The van der Waals surface area contributed by atoms with Gasteiger partial charge in [-0.05, 0) is 20.3 Å². The molecule has 11 heavy (non-hydrogen) atoms. The van der Waals surface area contributed by atoms with Gasteiger partial charge in [0.1, 0.15) is 0 Å². The zero-order chi connectivity index (χ0) is 9.54. The lowest BCUT2D eigenvalue weighted by Gasteiger charge is -1.69. The standard InChI is InChI=1S/C6H10.C3H6.C2H6/c1-3-5-6-4-2;1-3-2;1-2/h3-4,6H,1,5H2,2H3;3H,1H2,2H3;1-2H3. The summed E-state index contributed by atoms with van der Waals surface area (Å²) in [5.41, 5.74) is 0. The van der Waals surface area contributed by atoms with Crippen LogP contribution in [0.2, 0.25) is 0 Å². The summed E-state index contributed by atoms with van der Waals surface area (Å²) in [6.07, 6.45) is 8.70. The van der Waals surface area contributed by atoms with Crippen molar-refractivity contribution >= 4 is 0 Å². The molecule has 0 atom stereocenters. The maximum Gasteiger partial charge on any atom is -0.0172 e. The molecule has 0 aliphatic heterocycles. The van der Waals surface area contributed by atoms with Crippen LogP contribution >= 0.6 is 0 Å². The summed E-state index contributed by atoms with van der Waals surface area (Å²) in [6.45, 7) is 14.8. The molecule has 66 valence electrons. The van der Waals surface area contributed by atoms with Gasteiger partial charge in [0.25, 0.3) is 0 Å². The molecule has 0 amide bonds. The largest absolute Gasteiger partial charge is 0.103 e. The van der Waals surface area contributed by atoms with Crippen LogP contribution in [0.4, 0.5) is 0 Å². The van der Waals surface area contributed by atoms with Crippen LogP contribution in [0.1, 0.15) is 34.1 Å². The van der Waals surface area contributed by atoms with Gasteiger partial charge in [-0.3, -0.25) is 0 Å². The Bertz CT molecular complexity index is 78.0. The van der Waals surface area contributed by atoms with Crippen molar-refractivity contribution in [1.29, 1.82) is 0 Å². The van der Waals surface area contributed by atoms with Gasteiger partial charge in [-0.1, -0.05) is 38.2 Å². The molecule has 0 fully saturated rings. The van der Waals surface area contributed by atoms with E-state index in [9.17, 15) is 0 Å². The van der Waals surface area contributed by atoms with Gasteiger partial charge in [-0.25, -0.2) is 0 Å². The average Bonchev–Trinajstić information content (AvgIpc) is 2.06. The molecule has 0 rings (SSSR count). The third-order valence-corrected chi connectivity index (χ3v) is 0.538. The lowest BCUT2D eigenvalue weighted by Crippen LogP contribution is -1.48. The highest BCUT2D eigenvalue weighted by Gasteiger charge is 1.57. The minimum atomic E-state index is 0.997. The Balaban J connectivity index is -0.000000109. The molecule has 0 nitrogen and oxygen atoms in total. The van der Waals surface area contributed by atoms with Gasteiger partial charge < -0.3 is 0 Å². The Morgan fingerprint density at radius 1 is 1.09 bits per heavy atom. The lowest BCUT2D eigenvalue weighted by molar-refractivity contribution is 1.39. The first kappa shape index (κ1) is 16.7. The van der Waals surface area contributed by atoms with Crippen molar-refractivity contribution in [2.24, 2.45) is 0 Å². The van der Waals surface area contributed by atoms with Crippen molar-refractivity contribution in [2.45, 2.75) is 34.1 Å². The van der Waals surface area contributed by atoms with Crippen LogP contribution in [0.3, 0.4) is 0 Å². The summed E-state index contributed by atoms with van der Waals surface area (Å²) in [5.74, 6) is 0. The van der Waals surface area contributed by atoms with Crippen LogP contribution in [0.15, 0.2) is 37.5 Å². The van der Waals surface area contributed by atoms with Gasteiger partial charge in [0.15, 0.2) is 0 Å². The van der Waals surface area contributed by atoms with Crippen molar-refractivity contribution in [1.82, 2.24) is 0 Å². The molecular formula is C11H22. The van der Waals surface area contributed by atoms with Gasteiger partial charge in [0.2, 0.25) is 0 Å².